The van der Waals surface area contributed by atoms with Gasteiger partial charge >= 0.3 is 0 Å². The summed E-state index contributed by atoms with van der Waals surface area (Å²) in [6.07, 6.45) is 0.389. The fourth-order valence-corrected chi connectivity index (χ4v) is 3.77. The Morgan fingerprint density at radius 2 is 1.68 bits per heavy atom. The lowest BCUT2D eigenvalue weighted by Gasteiger charge is -2.31. The molecule has 0 aliphatic heterocycles. The van der Waals surface area contributed by atoms with E-state index in [1.165, 1.54) is 0 Å². The first-order valence-electron chi connectivity index (χ1n) is 11.3. The number of rotatable bonds is 10. The van der Waals surface area contributed by atoms with Crippen molar-refractivity contribution in [2.24, 2.45) is 0 Å². The van der Waals surface area contributed by atoms with Gasteiger partial charge in [-0.15, -0.1) is 0 Å². The summed E-state index contributed by atoms with van der Waals surface area (Å²) in [5, 5.41) is 2.72. The van der Waals surface area contributed by atoms with Gasteiger partial charge in [0.1, 0.15) is 17.5 Å². The highest BCUT2D eigenvalue weighted by molar-refractivity contribution is 5.88. The van der Waals surface area contributed by atoms with Crippen LogP contribution in [0.15, 0.2) is 72.8 Å². The van der Waals surface area contributed by atoms with Crippen LogP contribution in [0.3, 0.4) is 0 Å². The van der Waals surface area contributed by atoms with Crippen molar-refractivity contribution >= 4 is 11.8 Å². The first-order valence-corrected chi connectivity index (χ1v) is 11.3. The largest absolute Gasteiger partial charge is 0.497 e. The average molecular weight is 461 g/mol. The maximum atomic E-state index is 13.5. The van der Waals surface area contributed by atoms with Gasteiger partial charge in [-0.05, 0) is 54.3 Å². The molecule has 3 aromatic rings. The van der Waals surface area contributed by atoms with E-state index in [0.717, 1.165) is 22.3 Å². The number of carbonyl (C=O) groups is 2. The normalized spacial score (nSPS) is 11.4. The first kappa shape index (κ1) is 24.8. The molecule has 6 nitrogen and oxygen atoms in total. The van der Waals surface area contributed by atoms with Crippen molar-refractivity contribution < 1.29 is 19.1 Å². The van der Waals surface area contributed by atoms with E-state index in [4.69, 9.17) is 9.47 Å². The van der Waals surface area contributed by atoms with Crippen LogP contribution in [-0.4, -0.2) is 43.5 Å². The number of methoxy groups -OCH3 is 1. The molecular formula is C28H32N2O4. The van der Waals surface area contributed by atoms with Crippen LogP contribution in [0.4, 0.5) is 0 Å². The van der Waals surface area contributed by atoms with Crippen LogP contribution in [0.1, 0.15) is 22.3 Å². The van der Waals surface area contributed by atoms with Crippen LogP contribution in [-0.2, 0) is 22.6 Å². The molecule has 0 heterocycles. The molecule has 34 heavy (non-hydrogen) atoms. The summed E-state index contributed by atoms with van der Waals surface area (Å²) >= 11 is 0. The Kier molecular flexibility index (Phi) is 8.68. The number of hydrogen-bond acceptors (Lipinski definition) is 4. The Bertz CT molecular complexity index is 1110. The van der Waals surface area contributed by atoms with E-state index in [1.807, 2.05) is 86.6 Å². The quantitative estimate of drug-likeness (QED) is 0.495. The van der Waals surface area contributed by atoms with Gasteiger partial charge in [-0.3, -0.25) is 9.59 Å². The SMILES string of the molecule is CNC(=O)[C@H](Cc1ccccc1)N(Cc1cccc(OC)c1)C(=O)COc1cc(C)ccc1C. The van der Waals surface area contributed by atoms with E-state index in [2.05, 4.69) is 5.32 Å². The number of nitrogens with zero attached hydrogens (tertiary/aromatic N) is 1. The van der Waals surface area contributed by atoms with Crippen LogP contribution < -0.4 is 14.8 Å². The smallest absolute Gasteiger partial charge is 0.261 e. The number of likely N-dealkylation sites (N-methyl/N-ethyl adjacent to an activating group) is 1. The fraction of sp³-hybridized carbons (Fsp3) is 0.286. The van der Waals surface area contributed by atoms with E-state index >= 15 is 0 Å². The van der Waals surface area contributed by atoms with Gasteiger partial charge in [0, 0.05) is 20.0 Å². The number of hydrogen-bond donors (Lipinski definition) is 1. The van der Waals surface area contributed by atoms with E-state index in [9.17, 15) is 9.59 Å². The highest BCUT2D eigenvalue weighted by Crippen LogP contribution is 2.21. The highest BCUT2D eigenvalue weighted by atomic mass is 16.5. The number of benzene rings is 3. The van der Waals surface area contributed by atoms with E-state index in [0.29, 0.717) is 17.9 Å². The van der Waals surface area contributed by atoms with E-state index in [1.54, 1.807) is 19.1 Å². The molecule has 0 saturated carbocycles. The highest BCUT2D eigenvalue weighted by Gasteiger charge is 2.30. The predicted octanol–water partition coefficient (Wildman–Crippen LogP) is 4.08. The summed E-state index contributed by atoms with van der Waals surface area (Å²) in [5.74, 6) is 0.852. The van der Waals surface area contributed by atoms with Crippen molar-refractivity contribution in [1.82, 2.24) is 10.2 Å². The van der Waals surface area contributed by atoms with Crippen LogP contribution in [0.2, 0.25) is 0 Å². The van der Waals surface area contributed by atoms with Gasteiger partial charge in [0.2, 0.25) is 5.91 Å². The monoisotopic (exact) mass is 460 g/mol. The third-order valence-corrected chi connectivity index (χ3v) is 5.70. The molecule has 0 aliphatic carbocycles. The topological polar surface area (TPSA) is 67.9 Å². The molecule has 0 fully saturated rings. The lowest BCUT2D eigenvalue weighted by molar-refractivity contribution is -0.142. The van der Waals surface area contributed by atoms with Crippen molar-refractivity contribution in [3.05, 3.63) is 95.1 Å². The minimum atomic E-state index is -0.701. The number of amides is 2. The van der Waals surface area contributed by atoms with Gasteiger partial charge in [0.25, 0.3) is 5.91 Å². The zero-order valence-corrected chi connectivity index (χ0v) is 20.2. The molecule has 2 amide bonds. The molecule has 6 heteroatoms. The lowest BCUT2D eigenvalue weighted by atomic mass is 10.0. The zero-order chi connectivity index (χ0) is 24.5. The fourth-order valence-electron chi connectivity index (χ4n) is 3.77. The minimum absolute atomic E-state index is 0.170. The van der Waals surface area contributed by atoms with Crippen molar-refractivity contribution in [3.63, 3.8) is 0 Å². The van der Waals surface area contributed by atoms with Crippen LogP contribution in [0, 0.1) is 13.8 Å². The Labute approximate surface area is 201 Å². The van der Waals surface area contributed by atoms with Crippen LogP contribution in [0.25, 0.3) is 0 Å². The van der Waals surface area contributed by atoms with Crippen LogP contribution >= 0.6 is 0 Å². The molecule has 178 valence electrons. The number of nitrogens with one attached hydrogen (secondary N) is 1. The molecule has 1 atom stereocenters. The molecule has 3 rings (SSSR count). The predicted molar refractivity (Wildman–Crippen MR) is 133 cm³/mol. The zero-order valence-electron chi connectivity index (χ0n) is 20.2. The maximum absolute atomic E-state index is 13.5. The molecule has 0 radical (unpaired) electrons. The molecule has 0 unspecified atom stereocenters. The second-order valence-corrected chi connectivity index (χ2v) is 8.25. The molecule has 0 bridgehead atoms. The van der Waals surface area contributed by atoms with Gasteiger partial charge in [-0.2, -0.15) is 0 Å². The van der Waals surface area contributed by atoms with Gasteiger partial charge in [-0.1, -0.05) is 54.6 Å². The summed E-state index contributed by atoms with van der Waals surface area (Å²) in [7, 11) is 3.18. The third kappa shape index (κ3) is 6.61. The third-order valence-electron chi connectivity index (χ3n) is 5.70. The number of aryl methyl sites for hydroxylation is 2. The van der Waals surface area contributed by atoms with Gasteiger partial charge in [0.05, 0.1) is 7.11 Å². The molecule has 0 aliphatic rings. The summed E-state index contributed by atoms with van der Waals surface area (Å²) in [4.78, 5) is 28.1. The Morgan fingerprint density at radius 3 is 2.38 bits per heavy atom. The lowest BCUT2D eigenvalue weighted by Crippen LogP contribution is -2.51. The first-order chi connectivity index (χ1) is 16.4. The Balaban J connectivity index is 1.90. The van der Waals surface area contributed by atoms with Crippen LogP contribution in [0.5, 0.6) is 11.5 Å². The van der Waals surface area contributed by atoms with E-state index in [-0.39, 0.29) is 25.0 Å². The Morgan fingerprint density at radius 1 is 0.941 bits per heavy atom. The summed E-state index contributed by atoms with van der Waals surface area (Å²) in [6.45, 7) is 3.99. The molecule has 3 aromatic carbocycles. The standard InChI is InChI=1S/C28H32N2O4/c1-20-13-14-21(2)26(15-20)34-19-27(31)30(18-23-11-8-12-24(16-23)33-4)25(28(32)29-3)17-22-9-6-5-7-10-22/h5-16,25H,17-19H2,1-4H3,(H,29,32)/t25-/m0/s1. The molecular weight excluding hydrogens is 428 g/mol. The number of ether oxygens (including phenoxy) is 2. The maximum Gasteiger partial charge on any atom is 0.261 e. The average Bonchev–Trinajstić information content (AvgIpc) is 2.86. The van der Waals surface area contributed by atoms with Gasteiger partial charge in [-0.25, -0.2) is 0 Å². The molecule has 0 aromatic heterocycles. The molecule has 1 N–H and O–H groups in total. The molecule has 0 spiro atoms. The van der Waals surface area contributed by atoms with E-state index < -0.39 is 6.04 Å². The molecule has 0 saturated heterocycles. The second kappa shape index (κ2) is 11.9. The van der Waals surface area contributed by atoms with Crippen molar-refractivity contribution in [2.75, 3.05) is 20.8 Å². The van der Waals surface area contributed by atoms with Gasteiger partial charge < -0.3 is 19.7 Å². The van der Waals surface area contributed by atoms with Crippen molar-refractivity contribution in [1.29, 1.82) is 0 Å². The summed E-state index contributed by atoms with van der Waals surface area (Å²) in [6, 6.07) is 22.4. The Hall–Kier alpha value is -3.80. The second-order valence-electron chi connectivity index (χ2n) is 8.25. The van der Waals surface area contributed by atoms with Crippen molar-refractivity contribution in [2.45, 2.75) is 32.9 Å². The number of carbonyl (C=O) groups excluding carboxylic acids is 2. The minimum Gasteiger partial charge on any atom is -0.497 e. The van der Waals surface area contributed by atoms with Crippen molar-refractivity contribution in [3.8, 4) is 11.5 Å². The summed E-state index contributed by atoms with van der Waals surface area (Å²) < 4.78 is 11.3. The summed E-state index contributed by atoms with van der Waals surface area (Å²) in [5.41, 5.74) is 3.83. The van der Waals surface area contributed by atoms with Gasteiger partial charge in [0.15, 0.2) is 6.61 Å².